The average molecular weight is 444 g/mol. The molecule has 1 unspecified atom stereocenters. The number of nitrogens with one attached hydrogen (secondary N) is 1. The standard InChI is InChI=1S/C20H23Cl2NO4S/c1-26-18-10-14(11-23-17(20(24)25)6-7-28-2)9-16(22)19(18)27-12-13-4-3-5-15(21)8-13/h3-5,8-10,17,23H,6-7,11-12H2,1-2H3,(H,24,25). The number of benzene rings is 2. The van der Waals surface area contributed by atoms with Crippen LogP contribution in [0.2, 0.25) is 10.0 Å². The second-order valence-corrected chi connectivity index (χ2v) is 7.91. The number of methoxy groups -OCH3 is 1. The second kappa shape index (κ2) is 11.4. The lowest BCUT2D eigenvalue weighted by molar-refractivity contribution is -0.139. The van der Waals surface area contributed by atoms with Crippen LogP contribution in [0.3, 0.4) is 0 Å². The van der Waals surface area contributed by atoms with Gasteiger partial charge in [0, 0.05) is 11.6 Å². The van der Waals surface area contributed by atoms with E-state index in [0.29, 0.717) is 41.1 Å². The first-order chi connectivity index (χ1) is 13.4. The number of hydrogen-bond acceptors (Lipinski definition) is 5. The van der Waals surface area contributed by atoms with E-state index in [4.69, 9.17) is 32.7 Å². The number of ether oxygens (including phenoxy) is 2. The Labute approximate surface area is 179 Å². The Morgan fingerprint density at radius 1 is 1.25 bits per heavy atom. The minimum absolute atomic E-state index is 0.296. The van der Waals surface area contributed by atoms with Crippen molar-refractivity contribution in [2.24, 2.45) is 0 Å². The van der Waals surface area contributed by atoms with Gasteiger partial charge in [-0.2, -0.15) is 11.8 Å². The van der Waals surface area contributed by atoms with Gasteiger partial charge in [0.1, 0.15) is 12.6 Å². The molecule has 152 valence electrons. The first kappa shape index (κ1) is 22.7. The quantitative estimate of drug-likeness (QED) is 0.515. The second-order valence-electron chi connectivity index (χ2n) is 6.08. The molecule has 2 rings (SSSR count). The molecule has 0 heterocycles. The van der Waals surface area contributed by atoms with Gasteiger partial charge in [-0.05, 0) is 53.8 Å². The predicted octanol–water partition coefficient (Wildman–Crippen LogP) is 4.88. The molecular formula is C20H23Cl2NO4S. The van der Waals surface area contributed by atoms with Crippen LogP contribution in [0.1, 0.15) is 17.5 Å². The number of rotatable bonds is 11. The summed E-state index contributed by atoms with van der Waals surface area (Å²) in [5, 5.41) is 13.4. The highest BCUT2D eigenvalue weighted by Gasteiger charge is 2.17. The molecule has 0 aliphatic heterocycles. The van der Waals surface area contributed by atoms with E-state index in [2.05, 4.69) is 5.32 Å². The van der Waals surface area contributed by atoms with Crippen molar-refractivity contribution in [3.05, 3.63) is 57.6 Å². The van der Waals surface area contributed by atoms with E-state index in [9.17, 15) is 9.90 Å². The molecule has 0 aliphatic carbocycles. The van der Waals surface area contributed by atoms with Crippen molar-refractivity contribution in [2.75, 3.05) is 19.1 Å². The Bertz CT molecular complexity index is 804. The fourth-order valence-corrected chi connectivity index (χ4v) is 3.56. The molecule has 2 N–H and O–H groups in total. The van der Waals surface area contributed by atoms with Gasteiger partial charge in [-0.3, -0.25) is 4.79 Å². The van der Waals surface area contributed by atoms with Crippen LogP contribution in [0, 0.1) is 0 Å². The van der Waals surface area contributed by atoms with Crippen LogP contribution in [0.5, 0.6) is 11.5 Å². The van der Waals surface area contributed by atoms with Crippen LogP contribution >= 0.6 is 35.0 Å². The summed E-state index contributed by atoms with van der Waals surface area (Å²) >= 11 is 14.0. The van der Waals surface area contributed by atoms with Gasteiger partial charge in [0.15, 0.2) is 11.5 Å². The lowest BCUT2D eigenvalue weighted by Crippen LogP contribution is -2.36. The van der Waals surface area contributed by atoms with Crippen LogP contribution in [0.15, 0.2) is 36.4 Å². The maximum atomic E-state index is 11.4. The molecule has 0 bridgehead atoms. The number of aliphatic carboxylic acids is 1. The zero-order valence-electron chi connectivity index (χ0n) is 15.7. The summed E-state index contributed by atoms with van der Waals surface area (Å²) in [6.45, 7) is 0.653. The van der Waals surface area contributed by atoms with Gasteiger partial charge in [-0.1, -0.05) is 35.3 Å². The lowest BCUT2D eigenvalue weighted by Gasteiger charge is -2.17. The lowest BCUT2D eigenvalue weighted by atomic mass is 10.1. The van der Waals surface area contributed by atoms with Gasteiger partial charge >= 0.3 is 5.97 Å². The van der Waals surface area contributed by atoms with Crippen molar-refractivity contribution in [2.45, 2.75) is 25.6 Å². The zero-order valence-corrected chi connectivity index (χ0v) is 18.0. The van der Waals surface area contributed by atoms with Crippen molar-refractivity contribution in [1.82, 2.24) is 5.32 Å². The van der Waals surface area contributed by atoms with Crippen LogP contribution in [0.25, 0.3) is 0 Å². The first-order valence-corrected chi connectivity index (χ1v) is 10.8. The summed E-state index contributed by atoms with van der Waals surface area (Å²) < 4.78 is 11.3. The molecule has 2 aromatic rings. The Morgan fingerprint density at radius 3 is 2.68 bits per heavy atom. The Morgan fingerprint density at radius 2 is 2.04 bits per heavy atom. The number of carboxylic acids is 1. The van der Waals surface area contributed by atoms with E-state index in [1.165, 1.54) is 7.11 Å². The smallest absolute Gasteiger partial charge is 0.320 e. The van der Waals surface area contributed by atoms with Gasteiger partial charge in [-0.15, -0.1) is 0 Å². The molecule has 0 aromatic heterocycles. The maximum Gasteiger partial charge on any atom is 0.320 e. The van der Waals surface area contributed by atoms with Gasteiger partial charge in [0.25, 0.3) is 0 Å². The third-order valence-electron chi connectivity index (χ3n) is 4.02. The molecular weight excluding hydrogens is 421 g/mol. The molecule has 0 amide bonds. The minimum Gasteiger partial charge on any atom is -0.493 e. The van der Waals surface area contributed by atoms with Gasteiger partial charge in [0.2, 0.25) is 0 Å². The molecule has 2 aromatic carbocycles. The highest BCUT2D eigenvalue weighted by Crippen LogP contribution is 2.37. The summed E-state index contributed by atoms with van der Waals surface area (Å²) in [5.74, 6) is 0.825. The van der Waals surface area contributed by atoms with Crippen LogP contribution < -0.4 is 14.8 Å². The molecule has 0 saturated heterocycles. The van der Waals surface area contributed by atoms with Crippen LogP contribution in [-0.4, -0.2) is 36.2 Å². The SMILES string of the molecule is COc1cc(CNC(CCSC)C(=O)O)cc(Cl)c1OCc1cccc(Cl)c1. The van der Waals surface area contributed by atoms with Gasteiger partial charge < -0.3 is 19.9 Å². The minimum atomic E-state index is -0.867. The molecule has 28 heavy (non-hydrogen) atoms. The van der Waals surface area contributed by atoms with E-state index in [-0.39, 0.29) is 0 Å². The molecule has 1 atom stereocenters. The molecule has 0 radical (unpaired) electrons. The third kappa shape index (κ3) is 6.78. The summed E-state index contributed by atoms with van der Waals surface area (Å²) in [5.41, 5.74) is 1.72. The fraction of sp³-hybridized carbons (Fsp3) is 0.350. The zero-order chi connectivity index (χ0) is 20.5. The van der Waals surface area contributed by atoms with Crippen molar-refractivity contribution >= 4 is 40.9 Å². The van der Waals surface area contributed by atoms with E-state index in [1.807, 2.05) is 24.5 Å². The number of halogens is 2. The van der Waals surface area contributed by atoms with E-state index in [0.717, 1.165) is 16.9 Å². The van der Waals surface area contributed by atoms with E-state index in [1.54, 1.807) is 30.0 Å². The van der Waals surface area contributed by atoms with Crippen molar-refractivity contribution in [3.8, 4) is 11.5 Å². The van der Waals surface area contributed by atoms with E-state index >= 15 is 0 Å². The molecule has 0 spiro atoms. The number of thioether (sulfide) groups is 1. The van der Waals surface area contributed by atoms with Crippen molar-refractivity contribution in [3.63, 3.8) is 0 Å². The summed E-state index contributed by atoms with van der Waals surface area (Å²) in [4.78, 5) is 11.4. The molecule has 5 nitrogen and oxygen atoms in total. The molecule has 0 saturated carbocycles. The monoisotopic (exact) mass is 443 g/mol. The van der Waals surface area contributed by atoms with Crippen molar-refractivity contribution in [1.29, 1.82) is 0 Å². The first-order valence-electron chi connectivity index (χ1n) is 8.63. The third-order valence-corrected chi connectivity index (χ3v) is 5.18. The van der Waals surface area contributed by atoms with Gasteiger partial charge in [-0.25, -0.2) is 0 Å². The number of hydrogen-bond donors (Lipinski definition) is 2. The summed E-state index contributed by atoms with van der Waals surface area (Å²) in [6.07, 6.45) is 2.49. The Kier molecular flexibility index (Phi) is 9.25. The molecule has 8 heteroatoms. The average Bonchev–Trinajstić information content (AvgIpc) is 2.66. The Balaban J connectivity index is 2.08. The highest BCUT2D eigenvalue weighted by atomic mass is 35.5. The molecule has 0 fully saturated rings. The number of carboxylic acid groups (broad SMARTS) is 1. The fourth-order valence-electron chi connectivity index (χ4n) is 2.59. The largest absolute Gasteiger partial charge is 0.493 e. The van der Waals surface area contributed by atoms with Gasteiger partial charge in [0.05, 0.1) is 12.1 Å². The topological polar surface area (TPSA) is 67.8 Å². The van der Waals surface area contributed by atoms with E-state index < -0.39 is 12.0 Å². The van der Waals surface area contributed by atoms with Crippen LogP contribution in [0.4, 0.5) is 0 Å². The normalized spacial score (nSPS) is 11.9. The predicted molar refractivity (Wildman–Crippen MR) is 115 cm³/mol. The summed E-state index contributed by atoms with van der Waals surface area (Å²) in [7, 11) is 1.54. The maximum absolute atomic E-state index is 11.4. The van der Waals surface area contributed by atoms with Crippen molar-refractivity contribution < 1.29 is 19.4 Å². The summed E-state index contributed by atoms with van der Waals surface area (Å²) in [6, 6.07) is 10.3. The Hall–Kier alpha value is -1.60. The van der Waals surface area contributed by atoms with Crippen LogP contribution in [-0.2, 0) is 17.9 Å². The number of carbonyl (C=O) groups is 1. The highest BCUT2D eigenvalue weighted by molar-refractivity contribution is 7.98. The molecule has 0 aliphatic rings.